The molecule has 88 valence electrons. The summed E-state index contributed by atoms with van der Waals surface area (Å²) in [5.74, 6) is 0.162. The third-order valence-corrected chi connectivity index (χ3v) is 2.83. The molecule has 1 fully saturated rings. The summed E-state index contributed by atoms with van der Waals surface area (Å²) in [6.07, 6.45) is 4.52. The molecule has 1 aliphatic heterocycles. The van der Waals surface area contributed by atoms with Crippen molar-refractivity contribution >= 4 is 5.78 Å². The van der Waals surface area contributed by atoms with Crippen LogP contribution in [0.1, 0.15) is 16.8 Å². The minimum absolute atomic E-state index is 0.162. The Hall–Kier alpha value is -1.20. The van der Waals surface area contributed by atoms with Gasteiger partial charge in [0.15, 0.2) is 5.78 Å². The lowest BCUT2D eigenvalue weighted by Gasteiger charge is -2.17. The van der Waals surface area contributed by atoms with E-state index in [9.17, 15) is 4.79 Å². The summed E-state index contributed by atoms with van der Waals surface area (Å²) in [6, 6.07) is 0. The van der Waals surface area contributed by atoms with Crippen LogP contribution >= 0.6 is 0 Å². The zero-order valence-electron chi connectivity index (χ0n) is 9.65. The molecule has 0 saturated carbocycles. The Morgan fingerprint density at radius 2 is 2.38 bits per heavy atom. The van der Waals surface area contributed by atoms with Crippen molar-refractivity contribution in [3.8, 4) is 0 Å². The smallest absolute Gasteiger partial charge is 0.179 e. The van der Waals surface area contributed by atoms with Crippen molar-refractivity contribution in [2.24, 2.45) is 7.05 Å². The maximum Gasteiger partial charge on any atom is 0.179 e. The Morgan fingerprint density at radius 3 is 3.12 bits per heavy atom. The minimum atomic E-state index is 0.162. The number of nitrogens with one attached hydrogen (secondary N) is 1. The summed E-state index contributed by atoms with van der Waals surface area (Å²) >= 11 is 0. The van der Waals surface area contributed by atoms with Crippen LogP contribution in [-0.2, 0) is 7.05 Å². The maximum atomic E-state index is 11.9. The van der Waals surface area contributed by atoms with Crippen LogP contribution in [-0.4, -0.2) is 53.2 Å². The van der Waals surface area contributed by atoms with Crippen LogP contribution < -0.4 is 5.32 Å². The number of aromatic nitrogens is 2. The van der Waals surface area contributed by atoms with Gasteiger partial charge in [-0.05, 0) is 19.5 Å². The van der Waals surface area contributed by atoms with E-state index < -0.39 is 0 Å². The summed E-state index contributed by atoms with van der Waals surface area (Å²) in [6.45, 7) is 4.48. The topological polar surface area (TPSA) is 50.2 Å². The Labute approximate surface area is 95.4 Å². The average molecular weight is 222 g/mol. The minimum Gasteiger partial charge on any atom is -0.315 e. The van der Waals surface area contributed by atoms with Crippen LogP contribution in [0.2, 0.25) is 0 Å². The molecule has 5 nitrogen and oxygen atoms in total. The summed E-state index contributed by atoms with van der Waals surface area (Å²) in [5, 5.41) is 7.34. The molecule has 0 radical (unpaired) electrons. The second kappa shape index (κ2) is 5.23. The van der Waals surface area contributed by atoms with Gasteiger partial charge in [0.05, 0.1) is 18.3 Å². The van der Waals surface area contributed by atoms with Crippen LogP contribution in [0, 0.1) is 0 Å². The number of rotatable bonds is 3. The predicted octanol–water partition coefficient (Wildman–Crippen LogP) is -0.102. The van der Waals surface area contributed by atoms with E-state index in [1.807, 2.05) is 7.05 Å². The molecule has 1 aromatic heterocycles. The molecule has 1 aromatic rings. The standard InChI is InChI=1S/C11H18N4O/c1-14-8-10(7-13-14)11(16)9-15-5-2-3-12-4-6-15/h7-8,12H,2-6,9H2,1H3. The van der Waals surface area contributed by atoms with Crippen LogP contribution in [0.3, 0.4) is 0 Å². The van der Waals surface area contributed by atoms with Gasteiger partial charge >= 0.3 is 0 Å². The summed E-state index contributed by atoms with van der Waals surface area (Å²) in [5.41, 5.74) is 0.708. The van der Waals surface area contributed by atoms with Crippen molar-refractivity contribution < 1.29 is 4.79 Å². The van der Waals surface area contributed by atoms with Crippen molar-refractivity contribution in [2.75, 3.05) is 32.7 Å². The average Bonchev–Trinajstić information content (AvgIpc) is 2.54. The highest BCUT2D eigenvalue weighted by atomic mass is 16.1. The molecular weight excluding hydrogens is 204 g/mol. The first kappa shape index (κ1) is 11.3. The Balaban J connectivity index is 1.90. The van der Waals surface area contributed by atoms with Gasteiger partial charge in [-0.3, -0.25) is 14.4 Å². The lowest BCUT2D eigenvalue weighted by molar-refractivity contribution is 0.0935. The quantitative estimate of drug-likeness (QED) is 0.726. The molecule has 0 atom stereocenters. The van der Waals surface area contributed by atoms with Crippen LogP contribution in [0.25, 0.3) is 0 Å². The highest BCUT2D eigenvalue weighted by Gasteiger charge is 2.14. The van der Waals surface area contributed by atoms with Crippen LogP contribution in [0.15, 0.2) is 12.4 Å². The van der Waals surface area contributed by atoms with E-state index in [1.165, 1.54) is 0 Å². The van der Waals surface area contributed by atoms with E-state index in [4.69, 9.17) is 0 Å². The van der Waals surface area contributed by atoms with E-state index in [-0.39, 0.29) is 5.78 Å². The van der Waals surface area contributed by atoms with Crippen molar-refractivity contribution in [2.45, 2.75) is 6.42 Å². The second-order valence-corrected chi connectivity index (χ2v) is 4.21. The summed E-state index contributed by atoms with van der Waals surface area (Å²) in [7, 11) is 1.83. The van der Waals surface area contributed by atoms with Crippen molar-refractivity contribution in [1.29, 1.82) is 0 Å². The van der Waals surface area contributed by atoms with Gasteiger partial charge < -0.3 is 5.32 Å². The molecule has 0 bridgehead atoms. The van der Waals surface area contributed by atoms with E-state index in [0.717, 1.165) is 32.6 Å². The predicted molar refractivity (Wildman–Crippen MR) is 61.5 cm³/mol. The molecular formula is C11H18N4O. The summed E-state index contributed by atoms with van der Waals surface area (Å²) in [4.78, 5) is 14.1. The largest absolute Gasteiger partial charge is 0.315 e. The highest BCUT2D eigenvalue weighted by molar-refractivity contribution is 5.97. The molecule has 5 heteroatoms. The van der Waals surface area contributed by atoms with Crippen molar-refractivity contribution in [1.82, 2.24) is 20.0 Å². The lowest BCUT2D eigenvalue weighted by Crippen LogP contribution is -2.33. The molecule has 16 heavy (non-hydrogen) atoms. The van der Waals surface area contributed by atoms with Crippen molar-refractivity contribution in [3.05, 3.63) is 18.0 Å². The van der Waals surface area contributed by atoms with E-state index in [0.29, 0.717) is 12.1 Å². The fraction of sp³-hybridized carbons (Fsp3) is 0.636. The molecule has 1 aliphatic rings. The van der Waals surface area contributed by atoms with E-state index >= 15 is 0 Å². The fourth-order valence-corrected chi connectivity index (χ4v) is 1.92. The van der Waals surface area contributed by atoms with Gasteiger partial charge in [0, 0.05) is 26.3 Å². The zero-order chi connectivity index (χ0) is 11.4. The SMILES string of the molecule is Cn1cc(C(=O)CN2CCCNCC2)cn1. The van der Waals surface area contributed by atoms with Gasteiger partial charge in [-0.1, -0.05) is 0 Å². The number of aryl methyl sites for hydroxylation is 1. The molecule has 0 amide bonds. The van der Waals surface area contributed by atoms with Crippen LogP contribution in [0.4, 0.5) is 0 Å². The van der Waals surface area contributed by atoms with Gasteiger partial charge in [0.1, 0.15) is 0 Å². The number of hydrogen-bond acceptors (Lipinski definition) is 4. The first-order valence-corrected chi connectivity index (χ1v) is 5.70. The zero-order valence-corrected chi connectivity index (χ0v) is 9.65. The fourth-order valence-electron chi connectivity index (χ4n) is 1.92. The van der Waals surface area contributed by atoms with E-state index in [2.05, 4.69) is 15.3 Å². The third kappa shape index (κ3) is 2.90. The monoisotopic (exact) mass is 222 g/mol. The molecule has 0 spiro atoms. The lowest BCUT2D eigenvalue weighted by atomic mass is 10.2. The van der Waals surface area contributed by atoms with Gasteiger partial charge in [0.2, 0.25) is 0 Å². The number of carbonyl (C=O) groups is 1. The Morgan fingerprint density at radius 1 is 1.50 bits per heavy atom. The Kier molecular flexibility index (Phi) is 3.69. The number of hydrogen-bond donors (Lipinski definition) is 1. The van der Waals surface area contributed by atoms with Gasteiger partial charge in [-0.25, -0.2) is 0 Å². The molecule has 1 N–H and O–H groups in total. The second-order valence-electron chi connectivity index (χ2n) is 4.21. The third-order valence-electron chi connectivity index (χ3n) is 2.83. The normalized spacial score (nSPS) is 18.3. The summed E-state index contributed by atoms with van der Waals surface area (Å²) < 4.78 is 1.66. The van der Waals surface area contributed by atoms with Gasteiger partial charge in [-0.15, -0.1) is 0 Å². The molecule has 1 saturated heterocycles. The van der Waals surface area contributed by atoms with Gasteiger partial charge in [-0.2, -0.15) is 5.10 Å². The molecule has 2 rings (SSSR count). The Bertz CT molecular complexity index is 353. The molecule has 2 heterocycles. The van der Waals surface area contributed by atoms with Gasteiger partial charge in [0.25, 0.3) is 0 Å². The number of Topliss-reactive ketones (excluding diaryl/α,β-unsaturated/α-hetero) is 1. The highest BCUT2D eigenvalue weighted by Crippen LogP contribution is 2.02. The first-order valence-electron chi connectivity index (χ1n) is 5.70. The van der Waals surface area contributed by atoms with Crippen LogP contribution in [0.5, 0.6) is 0 Å². The van der Waals surface area contributed by atoms with Crippen molar-refractivity contribution in [3.63, 3.8) is 0 Å². The molecule has 0 unspecified atom stereocenters. The number of carbonyl (C=O) groups excluding carboxylic acids is 1. The number of nitrogens with zero attached hydrogens (tertiary/aromatic N) is 3. The first-order chi connectivity index (χ1) is 7.75. The molecule has 0 aliphatic carbocycles. The van der Waals surface area contributed by atoms with E-state index in [1.54, 1.807) is 17.1 Å². The maximum absolute atomic E-state index is 11.9. The molecule has 0 aromatic carbocycles. The number of ketones is 1.